The van der Waals surface area contributed by atoms with Crippen molar-refractivity contribution in [2.45, 2.75) is 19.1 Å². The smallest absolute Gasteiger partial charge is 0.747 e. The molecule has 0 rings (SSSR count). The monoisotopic (exact) mass is 214 g/mol. The number of ketones is 1. The molecule has 13 heavy (non-hydrogen) atoms. The minimum absolute atomic E-state index is 0. The Bertz CT molecular complexity index is 281. The Labute approximate surface area is 100 Å². The minimum Gasteiger partial charge on any atom is -0.747 e. The number of carbonyl (C=O) groups is 1. The van der Waals surface area contributed by atoms with E-state index < -0.39 is 27.1 Å². The fraction of sp³-hybridized carbons (Fsp3) is 0.571. The standard InChI is InChI=1S/C7H12O4S.Na/c1-4-6(8)7(5(2)3)12(9,10)11;/h4-5,7H,1H2,2-3H3,(H,9,10,11);/q;+1/p-1. The molecule has 1 unspecified atom stereocenters. The summed E-state index contributed by atoms with van der Waals surface area (Å²) in [4.78, 5) is 10.9. The molecule has 0 saturated carbocycles. The van der Waals surface area contributed by atoms with Crippen LogP contribution in [0.5, 0.6) is 0 Å². The molecule has 6 heteroatoms. The summed E-state index contributed by atoms with van der Waals surface area (Å²) in [6, 6.07) is 0. The molecule has 0 spiro atoms. The van der Waals surface area contributed by atoms with Crippen LogP contribution in [0.25, 0.3) is 0 Å². The first-order valence-electron chi connectivity index (χ1n) is 3.41. The Balaban J connectivity index is 0. The van der Waals surface area contributed by atoms with Crippen LogP contribution in [0.15, 0.2) is 12.7 Å². The number of hydrogen-bond acceptors (Lipinski definition) is 4. The van der Waals surface area contributed by atoms with E-state index in [9.17, 15) is 17.8 Å². The first-order chi connectivity index (χ1) is 5.30. The van der Waals surface area contributed by atoms with Gasteiger partial charge in [0.2, 0.25) is 0 Å². The van der Waals surface area contributed by atoms with E-state index in [1.165, 1.54) is 13.8 Å². The maximum absolute atomic E-state index is 10.9. The van der Waals surface area contributed by atoms with Gasteiger partial charge in [0.1, 0.15) is 15.4 Å². The summed E-state index contributed by atoms with van der Waals surface area (Å²) >= 11 is 0. The Morgan fingerprint density at radius 3 is 1.92 bits per heavy atom. The molecule has 0 N–H and O–H groups in total. The van der Waals surface area contributed by atoms with E-state index in [4.69, 9.17) is 0 Å². The van der Waals surface area contributed by atoms with Crippen LogP contribution in [0.3, 0.4) is 0 Å². The predicted molar refractivity (Wildman–Crippen MR) is 43.5 cm³/mol. The van der Waals surface area contributed by atoms with Crippen LogP contribution < -0.4 is 29.6 Å². The van der Waals surface area contributed by atoms with E-state index in [1.54, 1.807) is 0 Å². The fourth-order valence-electron chi connectivity index (χ4n) is 0.920. The van der Waals surface area contributed by atoms with Crippen LogP contribution in [-0.4, -0.2) is 24.0 Å². The van der Waals surface area contributed by atoms with Crippen molar-refractivity contribution in [3.05, 3.63) is 12.7 Å². The zero-order chi connectivity index (χ0) is 9.94. The van der Waals surface area contributed by atoms with Crippen molar-refractivity contribution in [1.29, 1.82) is 0 Å². The van der Waals surface area contributed by atoms with Crippen molar-refractivity contribution >= 4 is 15.9 Å². The first kappa shape index (κ1) is 15.8. The summed E-state index contributed by atoms with van der Waals surface area (Å²) < 4.78 is 31.6. The molecule has 0 fully saturated rings. The molecule has 0 aromatic rings. The first-order valence-corrected chi connectivity index (χ1v) is 4.88. The van der Waals surface area contributed by atoms with Crippen LogP contribution in [0.1, 0.15) is 13.8 Å². The van der Waals surface area contributed by atoms with Gasteiger partial charge in [-0.25, -0.2) is 8.42 Å². The van der Waals surface area contributed by atoms with Crippen LogP contribution in [-0.2, 0) is 14.9 Å². The topological polar surface area (TPSA) is 74.3 Å². The van der Waals surface area contributed by atoms with Crippen molar-refractivity contribution < 1.29 is 47.3 Å². The third-order valence-corrected chi connectivity index (χ3v) is 2.80. The van der Waals surface area contributed by atoms with Gasteiger partial charge in [-0.1, -0.05) is 20.4 Å². The van der Waals surface area contributed by atoms with Crippen LogP contribution in [0.4, 0.5) is 0 Å². The summed E-state index contributed by atoms with van der Waals surface area (Å²) in [5, 5.41) is -1.49. The van der Waals surface area contributed by atoms with Crippen molar-refractivity contribution in [3.63, 3.8) is 0 Å². The second kappa shape index (κ2) is 5.93. The largest absolute Gasteiger partial charge is 1.00 e. The number of rotatable bonds is 4. The fourth-order valence-corrected chi connectivity index (χ4v) is 1.97. The van der Waals surface area contributed by atoms with Gasteiger partial charge in [0.15, 0.2) is 5.78 Å². The van der Waals surface area contributed by atoms with Crippen molar-refractivity contribution in [3.8, 4) is 0 Å². The summed E-state index contributed by atoms with van der Waals surface area (Å²) in [5.41, 5.74) is 0. The molecule has 0 aliphatic heterocycles. The SMILES string of the molecule is C=CC(=O)C(C(C)C)S(=O)(=O)[O-].[Na+]. The Hall–Kier alpha value is 0.320. The number of allylic oxidation sites excluding steroid dienone is 1. The maximum Gasteiger partial charge on any atom is 1.00 e. The van der Waals surface area contributed by atoms with E-state index in [2.05, 4.69) is 6.58 Å². The third-order valence-electron chi connectivity index (χ3n) is 1.40. The van der Waals surface area contributed by atoms with Crippen LogP contribution >= 0.6 is 0 Å². The maximum atomic E-state index is 10.9. The van der Waals surface area contributed by atoms with Gasteiger partial charge in [0.25, 0.3) is 0 Å². The average Bonchev–Trinajstić information content (AvgIpc) is 1.83. The summed E-state index contributed by atoms with van der Waals surface area (Å²) in [6.07, 6.45) is 0.861. The Kier molecular flexibility index (Phi) is 7.19. The zero-order valence-corrected chi connectivity index (χ0v) is 10.8. The van der Waals surface area contributed by atoms with Crippen LogP contribution in [0, 0.1) is 5.92 Å². The van der Waals surface area contributed by atoms with Crippen LogP contribution in [0.2, 0.25) is 0 Å². The van der Waals surface area contributed by atoms with Gasteiger partial charge in [-0.2, -0.15) is 0 Å². The summed E-state index contributed by atoms with van der Waals surface area (Å²) in [6.45, 7) is 6.13. The average molecular weight is 214 g/mol. The molecule has 0 bridgehead atoms. The van der Waals surface area contributed by atoms with Crippen molar-refractivity contribution in [1.82, 2.24) is 0 Å². The Morgan fingerprint density at radius 1 is 1.46 bits per heavy atom. The molecule has 0 radical (unpaired) electrons. The Morgan fingerprint density at radius 2 is 1.85 bits per heavy atom. The summed E-state index contributed by atoms with van der Waals surface area (Å²) in [5.74, 6) is -1.25. The van der Waals surface area contributed by atoms with Gasteiger partial charge in [-0.3, -0.25) is 4.79 Å². The van der Waals surface area contributed by atoms with Crippen molar-refractivity contribution in [2.75, 3.05) is 0 Å². The molecule has 0 aliphatic carbocycles. The van der Waals surface area contributed by atoms with Gasteiger partial charge >= 0.3 is 29.6 Å². The normalized spacial score (nSPS) is 13.2. The molecular formula is C7H11NaO4S. The van der Waals surface area contributed by atoms with Gasteiger partial charge in [0.05, 0.1) is 0 Å². The predicted octanol–water partition coefficient (Wildman–Crippen LogP) is -2.68. The van der Waals surface area contributed by atoms with Gasteiger partial charge in [0, 0.05) is 0 Å². The van der Waals surface area contributed by atoms with E-state index in [1.807, 2.05) is 0 Å². The summed E-state index contributed by atoms with van der Waals surface area (Å²) in [7, 11) is -4.55. The molecule has 4 nitrogen and oxygen atoms in total. The molecule has 0 saturated heterocycles. The molecule has 0 aromatic carbocycles. The zero-order valence-electron chi connectivity index (χ0n) is 7.98. The number of carbonyl (C=O) groups excluding carboxylic acids is 1. The second-order valence-corrected chi connectivity index (χ2v) is 4.26. The molecule has 1 atom stereocenters. The van der Waals surface area contributed by atoms with E-state index in [0.29, 0.717) is 0 Å². The molecular weight excluding hydrogens is 203 g/mol. The molecule has 0 aliphatic rings. The van der Waals surface area contributed by atoms with E-state index in [-0.39, 0.29) is 29.6 Å². The van der Waals surface area contributed by atoms with Crippen molar-refractivity contribution in [2.24, 2.45) is 5.92 Å². The molecule has 70 valence electrons. The van der Waals surface area contributed by atoms with E-state index in [0.717, 1.165) is 6.08 Å². The number of hydrogen-bond donors (Lipinski definition) is 0. The van der Waals surface area contributed by atoms with Gasteiger partial charge in [-0.15, -0.1) is 0 Å². The second-order valence-electron chi connectivity index (χ2n) is 2.76. The molecule has 0 aromatic heterocycles. The minimum atomic E-state index is -4.55. The third kappa shape index (κ3) is 4.93. The quantitative estimate of drug-likeness (QED) is 0.290. The van der Waals surface area contributed by atoms with Gasteiger partial charge in [-0.05, 0) is 12.0 Å². The molecule has 0 heterocycles. The van der Waals surface area contributed by atoms with Gasteiger partial charge < -0.3 is 4.55 Å². The molecule has 0 amide bonds. The van der Waals surface area contributed by atoms with E-state index >= 15 is 0 Å².